The number of rotatable bonds is 8. The highest BCUT2D eigenvalue weighted by atomic mass is 32.2. The average molecular weight is 318 g/mol. The average Bonchev–Trinajstić information content (AvgIpc) is 3.04. The van der Waals surface area contributed by atoms with E-state index in [-0.39, 0.29) is 0 Å². The Balaban J connectivity index is 1.53. The van der Waals surface area contributed by atoms with Gasteiger partial charge in [-0.1, -0.05) is 40.9 Å². The summed E-state index contributed by atoms with van der Waals surface area (Å²) in [6.45, 7) is 2.07. The maximum absolute atomic E-state index is 4.13. The van der Waals surface area contributed by atoms with Gasteiger partial charge in [-0.3, -0.25) is 0 Å². The summed E-state index contributed by atoms with van der Waals surface area (Å²) in [4.78, 5) is 1.45. The maximum atomic E-state index is 4.13. The van der Waals surface area contributed by atoms with Crippen LogP contribution in [0.25, 0.3) is 0 Å². The lowest BCUT2D eigenvalue weighted by atomic mass is 10.3. The highest BCUT2D eigenvalue weighted by molar-refractivity contribution is 8.02. The lowest BCUT2D eigenvalue weighted by Crippen LogP contribution is -2.19. The van der Waals surface area contributed by atoms with Crippen molar-refractivity contribution in [3.05, 3.63) is 22.4 Å². The lowest BCUT2D eigenvalue weighted by molar-refractivity contribution is 0.725. The van der Waals surface area contributed by atoms with E-state index in [0.717, 1.165) is 33.9 Å². The van der Waals surface area contributed by atoms with Gasteiger partial charge in [0.05, 0.1) is 0 Å². The van der Waals surface area contributed by atoms with Gasteiger partial charge >= 0.3 is 0 Å². The summed E-state index contributed by atoms with van der Waals surface area (Å²) in [5.74, 6) is 1.05. The first-order chi connectivity index (χ1) is 8.88. The molecule has 0 aromatic carbocycles. The van der Waals surface area contributed by atoms with E-state index >= 15 is 0 Å². The number of thiophene rings is 1. The zero-order chi connectivity index (χ0) is 12.6. The highest BCUT2D eigenvalue weighted by Crippen LogP contribution is 2.26. The SMILES string of the molecule is CSc1nnc(SCCNCCc2cccs2)s1. The molecule has 0 saturated carbocycles. The van der Waals surface area contributed by atoms with Crippen LogP contribution in [0.4, 0.5) is 0 Å². The molecule has 0 aliphatic heterocycles. The predicted octanol–water partition coefficient (Wildman–Crippen LogP) is 3.25. The second-order valence-corrected chi connectivity index (χ2v) is 7.87. The third-order valence-corrected chi connectivity index (χ3v) is 6.17. The van der Waals surface area contributed by atoms with Gasteiger partial charge in [0.1, 0.15) is 0 Å². The van der Waals surface area contributed by atoms with Gasteiger partial charge in [0, 0.05) is 17.2 Å². The van der Waals surface area contributed by atoms with E-state index in [1.165, 1.54) is 4.88 Å². The van der Waals surface area contributed by atoms with Gasteiger partial charge < -0.3 is 5.32 Å². The van der Waals surface area contributed by atoms with Crippen LogP contribution in [-0.4, -0.2) is 35.3 Å². The van der Waals surface area contributed by atoms with E-state index < -0.39 is 0 Å². The number of nitrogens with one attached hydrogen (secondary N) is 1. The maximum Gasteiger partial charge on any atom is 0.175 e. The summed E-state index contributed by atoms with van der Waals surface area (Å²) < 4.78 is 2.11. The zero-order valence-corrected chi connectivity index (χ0v) is 13.4. The third kappa shape index (κ3) is 4.89. The van der Waals surface area contributed by atoms with Crippen LogP contribution in [0.15, 0.2) is 26.2 Å². The second-order valence-electron chi connectivity index (χ2n) is 3.47. The molecule has 2 heterocycles. The smallest absolute Gasteiger partial charge is 0.175 e. The second kappa shape index (κ2) is 8.16. The van der Waals surface area contributed by atoms with E-state index in [1.807, 2.05) is 17.6 Å². The molecular formula is C11H15N3S4. The lowest BCUT2D eigenvalue weighted by Gasteiger charge is -2.01. The van der Waals surface area contributed by atoms with Gasteiger partial charge in [0.2, 0.25) is 0 Å². The number of hydrogen-bond acceptors (Lipinski definition) is 7. The summed E-state index contributed by atoms with van der Waals surface area (Å²) in [6.07, 6.45) is 3.15. The fourth-order valence-corrected chi connectivity index (χ4v) is 4.45. The molecule has 0 aliphatic rings. The Bertz CT molecular complexity index is 441. The Morgan fingerprint density at radius 3 is 2.89 bits per heavy atom. The van der Waals surface area contributed by atoms with Gasteiger partial charge in [0.25, 0.3) is 0 Å². The number of hydrogen-bond donors (Lipinski definition) is 1. The Kier molecular flexibility index (Phi) is 6.50. The van der Waals surface area contributed by atoms with E-state index in [2.05, 4.69) is 33.0 Å². The Labute approximate surface area is 124 Å². The molecule has 2 aromatic heterocycles. The van der Waals surface area contributed by atoms with E-state index in [9.17, 15) is 0 Å². The molecule has 2 rings (SSSR count). The molecule has 7 heteroatoms. The zero-order valence-electron chi connectivity index (χ0n) is 10.1. The van der Waals surface area contributed by atoms with Crippen LogP contribution in [0.3, 0.4) is 0 Å². The summed E-state index contributed by atoms with van der Waals surface area (Å²) in [6, 6.07) is 4.29. The molecular weight excluding hydrogens is 302 g/mol. The summed E-state index contributed by atoms with van der Waals surface area (Å²) in [5.41, 5.74) is 0. The van der Waals surface area contributed by atoms with Crippen molar-refractivity contribution in [2.24, 2.45) is 0 Å². The van der Waals surface area contributed by atoms with Crippen molar-refractivity contribution in [1.29, 1.82) is 0 Å². The number of thioether (sulfide) groups is 2. The van der Waals surface area contributed by atoms with Crippen molar-refractivity contribution >= 4 is 46.2 Å². The van der Waals surface area contributed by atoms with Crippen LogP contribution in [0, 0.1) is 0 Å². The molecule has 2 aromatic rings. The molecule has 0 radical (unpaired) electrons. The first kappa shape index (κ1) is 14.3. The number of aromatic nitrogens is 2. The van der Waals surface area contributed by atoms with Crippen molar-refractivity contribution in [3.8, 4) is 0 Å². The molecule has 3 nitrogen and oxygen atoms in total. The monoisotopic (exact) mass is 317 g/mol. The summed E-state index contributed by atoms with van der Waals surface area (Å²) in [5, 5.41) is 13.8. The molecule has 0 unspecified atom stereocenters. The van der Waals surface area contributed by atoms with Crippen LogP contribution in [0.1, 0.15) is 4.88 Å². The van der Waals surface area contributed by atoms with Crippen LogP contribution in [0.5, 0.6) is 0 Å². The molecule has 0 bridgehead atoms. The number of nitrogens with zero attached hydrogens (tertiary/aromatic N) is 2. The first-order valence-electron chi connectivity index (χ1n) is 5.62. The Morgan fingerprint density at radius 2 is 2.17 bits per heavy atom. The van der Waals surface area contributed by atoms with Gasteiger partial charge in [-0.25, -0.2) is 0 Å². The van der Waals surface area contributed by atoms with Crippen LogP contribution < -0.4 is 5.32 Å². The van der Waals surface area contributed by atoms with Gasteiger partial charge in [-0.2, -0.15) is 0 Å². The minimum absolute atomic E-state index is 1.02. The molecule has 1 N–H and O–H groups in total. The fourth-order valence-electron chi connectivity index (χ4n) is 1.34. The molecule has 18 heavy (non-hydrogen) atoms. The van der Waals surface area contributed by atoms with Crippen molar-refractivity contribution < 1.29 is 0 Å². The van der Waals surface area contributed by atoms with Gasteiger partial charge in [-0.15, -0.1) is 21.5 Å². The molecule has 0 fully saturated rings. The fraction of sp³-hybridized carbons (Fsp3) is 0.455. The van der Waals surface area contributed by atoms with Crippen LogP contribution in [0.2, 0.25) is 0 Å². The van der Waals surface area contributed by atoms with E-state index in [0.29, 0.717) is 0 Å². The molecule has 0 amide bonds. The topological polar surface area (TPSA) is 37.8 Å². The van der Waals surface area contributed by atoms with Crippen LogP contribution in [-0.2, 0) is 6.42 Å². The summed E-state index contributed by atoms with van der Waals surface area (Å²) in [7, 11) is 0. The van der Waals surface area contributed by atoms with Gasteiger partial charge in [-0.05, 0) is 30.7 Å². The quantitative estimate of drug-likeness (QED) is 0.597. The van der Waals surface area contributed by atoms with Crippen molar-refractivity contribution in [2.75, 3.05) is 25.1 Å². The van der Waals surface area contributed by atoms with Crippen molar-refractivity contribution in [3.63, 3.8) is 0 Å². The Morgan fingerprint density at radius 1 is 1.28 bits per heavy atom. The standard InChI is InChI=1S/C11H15N3S4/c1-15-10-13-14-11(18-10)17-8-6-12-5-4-9-3-2-7-16-9/h2-3,7,12H,4-6,8H2,1H3. The minimum Gasteiger partial charge on any atom is -0.316 e. The first-order valence-corrected chi connectivity index (χ1v) is 9.52. The third-order valence-electron chi connectivity index (χ3n) is 2.20. The minimum atomic E-state index is 1.02. The molecule has 0 spiro atoms. The summed E-state index contributed by atoms with van der Waals surface area (Å²) >= 11 is 6.93. The van der Waals surface area contributed by atoms with E-state index in [4.69, 9.17) is 0 Å². The van der Waals surface area contributed by atoms with Crippen LogP contribution >= 0.6 is 46.2 Å². The van der Waals surface area contributed by atoms with Gasteiger partial charge in [0.15, 0.2) is 8.68 Å². The highest BCUT2D eigenvalue weighted by Gasteiger charge is 2.02. The van der Waals surface area contributed by atoms with E-state index in [1.54, 1.807) is 34.9 Å². The van der Waals surface area contributed by atoms with Crippen molar-refractivity contribution in [2.45, 2.75) is 15.1 Å². The predicted molar refractivity (Wildman–Crippen MR) is 83.3 cm³/mol. The normalized spacial score (nSPS) is 10.9. The molecule has 0 saturated heterocycles. The molecule has 0 atom stereocenters. The van der Waals surface area contributed by atoms with Crippen molar-refractivity contribution in [1.82, 2.24) is 15.5 Å². The molecule has 0 aliphatic carbocycles. The largest absolute Gasteiger partial charge is 0.316 e. The molecule has 98 valence electrons. The Hall–Kier alpha value is -0.0800.